The highest BCUT2D eigenvalue weighted by atomic mass is 16.1. The molecule has 1 saturated heterocycles. The van der Waals surface area contributed by atoms with E-state index in [1.54, 1.807) is 0 Å². The van der Waals surface area contributed by atoms with Crippen molar-refractivity contribution < 1.29 is 4.79 Å². The molecule has 1 heterocycles. The number of rotatable bonds is 4. The number of hydrogen-bond donors (Lipinski definition) is 0. The van der Waals surface area contributed by atoms with Crippen LogP contribution in [0.15, 0.2) is 24.3 Å². The molecule has 0 amide bonds. The Bertz CT molecular complexity index is 375. The number of carbonyl (C=O) groups is 1. The van der Waals surface area contributed by atoms with E-state index >= 15 is 0 Å². The monoisotopic (exact) mass is 245 g/mol. The number of nitrogens with zero attached hydrogens (tertiary/aromatic N) is 1. The molecule has 0 unspecified atom stereocenters. The minimum Gasteiger partial charge on any atom is -0.372 e. The maximum atomic E-state index is 11.4. The molecule has 1 fully saturated rings. The van der Waals surface area contributed by atoms with Crippen LogP contribution in [0.25, 0.3) is 0 Å². The largest absolute Gasteiger partial charge is 0.372 e. The first-order valence-electron chi connectivity index (χ1n) is 7.15. The second-order valence-corrected chi connectivity index (χ2v) is 5.14. The van der Waals surface area contributed by atoms with Gasteiger partial charge in [0.2, 0.25) is 0 Å². The summed E-state index contributed by atoms with van der Waals surface area (Å²) in [6, 6.07) is 8.55. The Labute approximate surface area is 110 Å². The molecule has 1 aromatic carbocycles. The quantitative estimate of drug-likeness (QED) is 0.808. The van der Waals surface area contributed by atoms with Crippen LogP contribution in [0.3, 0.4) is 0 Å². The van der Waals surface area contributed by atoms with Gasteiger partial charge >= 0.3 is 0 Å². The molecule has 1 aliphatic rings. The van der Waals surface area contributed by atoms with Gasteiger partial charge < -0.3 is 4.90 Å². The molecule has 2 heteroatoms. The van der Waals surface area contributed by atoms with Gasteiger partial charge in [-0.2, -0.15) is 0 Å². The molecule has 18 heavy (non-hydrogen) atoms. The van der Waals surface area contributed by atoms with Crippen LogP contribution in [0.2, 0.25) is 0 Å². The van der Waals surface area contributed by atoms with E-state index < -0.39 is 0 Å². The molecule has 98 valence electrons. The van der Waals surface area contributed by atoms with E-state index in [0.29, 0.717) is 18.6 Å². The summed E-state index contributed by atoms with van der Waals surface area (Å²) >= 11 is 0. The molecule has 2 nitrogen and oxygen atoms in total. The summed E-state index contributed by atoms with van der Waals surface area (Å²) in [5.41, 5.74) is 2.45. The fourth-order valence-corrected chi connectivity index (χ4v) is 2.51. The highest BCUT2D eigenvalue weighted by molar-refractivity contribution is 5.80. The van der Waals surface area contributed by atoms with Crippen molar-refractivity contribution in [1.29, 1.82) is 0 Å². The van der Waals surface area contributed by atoms with E-state index in [9.17, 15) is 4.79 Å². The third-order valence-electron chi connectivity index (χ3n) is 3.70. The number of carbonyl (C=O) groups excluding carboxylic acids is 1. The van der Waals surface area contributed by atoms with E-state index in [-0.39, 0.29) is 0 Å². The van der Waals surface area contributed by atoms with Gasteiger partial charge in [-0.3, -0.25) is 4.79 Å². The van der Waals surface area contributed by atoms with Crippen molar-refractivity contribution in [3.63, 3.8) is 0 Å². The van der Waals surface area contributed by atoms with Gasteiger partial charge in [-0.05, 0) is 30.5 Å². The van der Waals surface area contributed by atoms with Crippen LogP contribution in [0.1, 0.15) is 44.6 Å². The second kappa shape index (κ2) is 6.58. The van der Waals surface area contributed by atoms with Crippen molar-refractivity contribution in [3.8, 4) is 0 Å². The molecular weight excluding hydrogens is 222 g/mol. The van der Waals surface area contributed by atoms with Crippen LogP contribution in [-0.2, 0) is 11.2 Å². The van der Waals surface area contributed by atoms with E-state index in [1.807, 2.05) is 6.92 Å². The van der Waals surface area contributed by atoms with Crippen LogP contribution >= 0.6 is 0 Å². The van der Waals surface area contributed by atoms with Crippen molar-refractivity contribution in [3.05, 3.63) is 29.8 Å². The lowest BCUT2D eigenvalue weighted by atomic mass is 10.1. The number of hydrogen-bond acceptors (Lipinski definition) is 2. The Morgan fingerprint density at radius 3 is 2.22 bits per heavy atom. The first-order chi connectivity index (χ1) is 8.79. The Morgan fingerprint density at radius 2 is 1.67 bits per heavy atom. The number of ketones is 1. The molecule has 0 radical (unpaired) electrons. The first kappa shape index (κ1) is 13.1. The highest BCUT2D eigenvalue weighted by Crippen LogP contribution is 2.20. The Balaban J connectivity index is 1.99. The average molecular weight is 245 g/mol. The van der Waals surface area contributed by atoms with Crippen LogP contribution < -0.4 is 4.90 Å². The summed E-state index contributed by atoms with van der Waals surface area (Å²) in [6.45, 7) is 4.27. The van der Waals surface area contributed by atoms with E-state index in [2.05, 4.69) is 29.2 Å². The van der Waals surface area contributed by atoms with Crippen molar-refractivity contribution in [2.75, 3.05) is 18.0 Å². The van der Waals surface area contributed by atoms with Crippen LogP contribution in [0.5, 0.6) is 0 Å². The normalized spacial score (nSPS) is 16.4. The van der Waals surface area contributed by atoms with E-state index in [1.165, 1.54) is 44.5 Å². The zero-order chi connectivity index (χ0) is 12.8. The van der Waals surface area contributed by atoms with Crippen molar-refractivity contribution in [2.45, 2.75) is 45.4 Å². The Morgan fingerprint density at radius 1 is 1.06 bits per heavy atom. The molecule has 0 aliphatic carbocycles. The Hall–Kier alpha value is -1.31. The van der Waals surface area contributed by atoms with Gasteiger partial charge in [0.1, 0.15) is 5.78 Å². The maximum Gasteiger partial charge on any atom is 0.136 e. The zero-order valence-electron chi connectivity index (χ0n) is 11.3. The minimum atomic E-state index is 0.317. The lowest BCUT2D eigenvalue weighted by Gasteiger charge is -2.22. The first-order valence-corrected chi connectivity index (χ1v) is 7.15. The summed E-state index contributed by atoms with van der Waals surface area (Å²) < 4.78 is 0. The van der Waals surface area contributed by atoms with Gasteiger partial charge in [0.25, 0.3) is 0 Å². The lowest BCUT2D eigenvalue weighted by molar-refractivity contribution is -0.118. The lowest BCUT2D eigenvalue weighted by Crippen LogP contribution is -2.23. The van der Waals surface area contributed by atoms with Gasteiger partial charge in [0.15, 0.2) is 0 Å². The average Bonchev–Trinajstić information content (AvgIpc) is 2.68. The molecule has 0 atom stereocenters. The summed E-state index contributed by atoms with van der Waals surface area (Å²) in [4.78, 5) is 13.9. The zero-order valence-corrected chi connectivity index (χ0v) is 11.3. The number of benzene rings is 1. The third-order valence-corrected chi connectivity index (χ3v) is 3.70. The third kappa shape index (κ3) is 3.59. The predicted octanol–water partition coefficient (Wildman–Crippen LogP) is 3.59. The van der Waals surface area contributed by atoms with Crippen molar-refractivity contribution in [2.24, 2.45) is 0 Å². The standard InChI is InChI=1S/C16H23NO/c1-2-16(18)13-14-7-9-15(10-8-14)17-11-5-3-4-6-12-17/h7-10H,2-6,11-13H2,1H3. The van der Waals surface area contributed by atoms with Crippen molar-refractivity contribution in [1.82, 2.24) is 0 Å². The molecule has 0 N–H and O–H groups in total. The topological polar surface area (TPSA) is 20.3 Å². The van der Waals surface area contributed by atoms with Gasteiger partial charge in [-0.15, -0.1) is 0 Å². The Kier molecular flexibility index (Phi) is 4.80. The molecule has 0 bridgehead atoms. The van der Waals surface area contributed by atoms with Gasteiger partial charge in [-0.25, -0.2) is 0 Å². The summed E-state index contributed by atoms with van der Waals surface area (Å²) in [6.07, 6.45) is 6.54. The smallest absolute Gasteiger partial charge is 0.136 e. The molecule has 1 aromatic rings. The molecule has 2 rings (SSSR count). The van der Waals surface area contributed by atoms with Crippen molar-refractivity contribution >= 4 is 11.5 Å². The maximum absolute atomic E-state index is 11.4. The summed E-state index contributed by atoms with van der Waals surface area (Å²) in [5.74, 6) is 0.317. The fraction of sp³-hybridized carbons (Fsp3) is 0.562. The van der Waals surface area contributed by atoms with Crippen LogP contribution in [0, 0.1) is 0 Å². The minimum absolute atomic E-state index is 0.317. The molecule has 0 aromatic heterocycles. The fourth-order valence-electron chi connectivity index (χ4n) is 2.51. The number of anilines is 1. The second-order valence-electron chi connectivity index (χ2n) is 5.14. The van der Waals surface area contributed by atoms with Gasteiger partial charge in [0, 0.05) is 31.6 Å². The molecule has 1 aliphatic heterocycles. The van der Waals surface area contributed by atoms with E-state index in [0.717, 1.165) is 5.56 Å². The molecular formula is C16H23NO. The van der Waals surface area contributed by atoms with Gasteiger partial charge in [-0.1, -0.05) is 31.9 Å². The van der Waals surface area contributed by atoms with Gasteiger partial charge in [0.05, 0.1) is 0 Å². The van der Waals surface area contributed by atoms with Crippen LogP contribution in [0.4, 0.5) is 5.69 Å². The van der Waals surface area contributed by atoms with E-state index in [4.69, 9.17) is 0 Å². The predicted molar refractivity (Wildman–Crippen MR) is 76.1 cm³/mol. The number of Topliss-reactive ketones (excluding diaryl/α,β-unsaturated/α-hetero) is 1. The SMILES string of the molecule is CCC(=O)Cc1ccc(N2CCCCCC2)cc1. The molecule has 0 saturated carbocycles. The highest BCUT2D eigenvalue weighted by Gasteiger charge is 2.09. The molecule has 0 spiro atoms. The summed E-state index contributed by atoms with van der Waals surface area (Å²) in [5, 5.41) is 0. The van der Waals surface area contributed by atoms with Crippen LogP contribution in [-0.4, -0.2) is 18.9 Å². The summed E-state index contributed by atoms with van der Waals surface area (Å²) in [7, 11) is 0.